The first-order valence-corrected chi connectivity index (χ1v) is 14.8. The van der Waals surface area contributed by atoms with Gasteiger partial charge in [0, 0.05) is 0 Å². The number of hydrogen-bond donors (Lipinski definition) is 1. The summed E-state index contributed by atoms with van der Waals surface area (Å²) in [5.41, 5.74) is 5.59. The molecule has 1 saturated heterocycles. The van der Waals surface area contributed by atoms with Gasteiger partial charge in [0.05, 0.1) is 26.9 Å². The van der Waals surface area contributed by atoms with E-state index in [1.165, 1.54) is 29.0 Å². The van der Waals surface area contributed by atoms with Crippen molar-refractivity contribution in [1.82, 2.24) is 0 Å². The Kier molecular flexibility index (Phi) is 9.10. The monoisotopic (exact) mass is 596 g/mol. The number of amides is 1. The van der Waals surface area contributed by atoms with E-state index in [2.05, 4.69) is 13.8 Å². The van der Waals surface area contributed by atoms with E-state index >= 15 is 0 Å². The fourth-order valence-corrected chi connectivity index (χ4v) is 5.65. The van der Waals surface area contributed by atoms with E-state index in [9.17, 15) is 14.7 Å². The number of amidine groups is 1. The molecule has 1 aliphatic heterocycles. The van der Waals surface area contributed by atoms with Gasteiger partial charge in [0.2, 0.25) is 0 Å². The molecule has 5 rings (SSSR count). The maximum absolute atomic E-state index is 13.7. The molecule has 42 heavy (non-hydrogen) atoms. The van der Waals surface area contributed by atoms with Gasteiger partial charge >= 0.3 is 5.97 Å². The van der Waals surface area contributed by atoms with Crippen molar-refractivity contribution < 1.29 is 19.4 Å². The molecular formula is C34H29ClN2O4S. The standard InChI is InChI=1S/C34H29ClN2O4S/c1-3-22-8-13-27(14-9-22)36-34-37(28-15-10-23(4-2)11-16-28)32(38)31(42-34)20-24-12-17-30(29(35)19-24)41-21-25-6-5-7-26(18-25)33(39)40/h5-20H,3-4,21H2,1-2H3,(H,39,40)/b31-20-,36-34?. The summed E-state index contributed by atoms with van der Waals surface area (Å²) >= 11 is 7.86. The van der Waals surface area contributed by atoms with Gasteiger partial charge in [-0.25, -0.2) is 9.79 Å². The number of carboxylic acids is 1. The molecule has 1 heterocycles. The third-order valence-electron chi connectivity index (χ3n) is 6.80. The lowest BCUT2D eigenvalue weighted by molar-refractivity contribution is -0.113. The minimum atomic E-state index is -0.995. The van der Waals surface area contributed by atoms with Crippen molar-refractivity contribution in [3.05, 3.63) is 129 Å². The largest absolute Gasteiger partial charge is 0.487 e. The molecule has 4 aromatic rings. The van der Waals surface area contributed by atoms with Crippen LogP contribution in [0.3, 0.4) is 0 Å². The van der Waals surface area contributed by atoms with E-state index < -0.39 is 5.97 Å². The predicted octanol–water partition coefficient (Wildman–Crippen LogP) is 8.55. The molecule has 1 amide bonds. The molecule has 6 nitrogen and oxygen atoms in total. The highest BCUT2D eigenvalue weighted by Crippen LogP contribution is 2.38. The maximum atomic E-state index is 13.7. The number of thioether (sulfide) groups is 1. The Balaban J connectivity index is 1.40. The van der Waals surface area contributed by atoms with Crippen LogP contribution in [0.2, 0.25) is 5.02 Å². The summed E-state index contributed by atoms with van der Waals surface area (Å²) in [6.07, 6.45) is 3.65. The highest BCUT2D eigenvalue weighted by molar-refractivity contribution is 8.19. The van der Waals surface area contributed by atoms with Gasteiger partial charge in [-0.2, -0.15) is 0 Å². The Hall–Kier alpha value is -4.33. The number of aromatic carboxylic acids is 1. The third-order valence-corrected chi connectivity index (χ3v) is 8.06. The second kappa shape index (κ2) is 13.1. The van der Waals surface area contributed by atoms with Crippen molar-refractivity contribution in [2.45, 2.75) is 33.3 Å². The molecule has 0 unspecified atom stereocenters. The second-order valence-corrected chi connectivity index (χ2v) is 11.1. The molecule has 0 saturated carbocycles. The molecule has 4 aromatic carbocycles. The topological polar surface area (TPSA) is 79.2 Å². The molecule has 1 aliphatic rings. The van der Waals surface area contributed by atoms with Crippen molar-refractivity contribution in [3.63, 3.8) is 0 Å². The smallest absolute Gasteiger partial charge is 0.335 e. The molecule has 0 bridgehead atoms. The van der Waals surface area contributed by atoms with Crippen LogP contribution in [-0.4, -0.2) is 22.2 Å². The van der Waals surface area contributed by atoms with Crippen molar-refractivity contribution in [1.29, 1.82) is 0 Å². The van der Waals surface area contributed by atoms with Gasteiger partial charge in [-0.1, -0.05) is 67.9 Å². The number of hydrogen-bond acceptors (Lipinski definition) is 5. The minimum absolute atomic E-state index is 0.164. The van der Waals surface area contributed by atoms with Gasteiger partial charge in [-0.05, 0) is 101 Å². The Morgan fingerprint density at radius 1 is 0.929 bits per heavy atom. The van der Waals surface area contributed by atoms with E-state index in [4.69, 9.17) is 21.3 Å². The number of ether oxygens (including phenoxy) is 1. The number of benzene rings is 4. The van der Waals surface area contributed by atoms with E-state index in [1.807, 2.05) is 54.6 Å². The van der Waals surface area contributed by atoms with E-state index in [1.54, 1.807) is 41.3 Å². The molecular weight excluding hydrogens is 568 g/mol. The van der Waals surface area contributed by atoms with Crippen LogP contribution in [-0.2, 0) is 24.2 Å². The Labute approximate surface area is 254 Å². The number of aryl methyl sites for hydroxylation is 2. The molecule has 0 radical (unpaired) electrons. The molecule has 0 spiro atoms. The van der Waals surface area contributed by atoms with Gasteiger partial charge in [-0.15, -0.1) is 0 Å². The quantitative estimate of drug-likeness (QED) is 0.196. The predicted molar refractivity (Wildman–Crippen MR) is 171 cm³/mol. The number of carbonyl (C=O) groups is 2. The van der Waals surface area contributed by atoms with Crippen molar-refractivity contribution in [2.75, 3.05) is 4.90 Å². The van der Waals surface area contributed by atoms with Crippen LogP contribution in [0.15, 0.2) is 101 Å². The Morgan fingerprint density at radius 2 is 1.62 bits per heavy atom. The van der Waals surface area contributed by atoms with Gasteiger partial charge in [-0.3, -0.25) is 9.69 Å². The van der Waals surface area contributed by atoms with Crippen LogP contribution in [0.4, 0.5) is 11.4 Å². The number of anilines is 1. The van der Waals surface area contributed by atoms with Crippen LogP contribution >= 0.6 is 23.4 Å². The van der Waals surface area contributed by atoms with Crippen molar-refractivity contribution in [3.8, 4) is 5.75 Å². The molecule has 0 aromatic heterocycles. The van der Waals surface area contributed by atoms with E-state index in [0.29, 0.717) is 26.4 Å². The Morgan fingerprint density at radius 3 is 2.26 bits per heavy atom. The van der Waals surface area contributed by atoms with Crippen molar-refractivity contribution >= 4 is 57.9 Å². The summed E-state index contributed by atoms with van der Waals surface area (Å²) in [6.45, 7) is 4.37. The number of aliphatic imine (C=N–C) groups is 1. The third kappa shape index (κ3) is 6.75. The van der Waals surface area contributed by atoms with Crippen LogP contribution in [0.1, 0.15) is 46.5 Å². The zero-order valence-electron chi connectivity index (χ0n) is 23.2. The highest BCUT2D eigenvalue weighted by atomic mass is 35.5. The van der Waals surface area contributed by atoms with Crippen LogP contribution in [0.5, 0.6) is 5.75 Å². The minimum Gasteiger partial charge on any atom is -0.487 e. The number of rotatable bonds is 9. The first kappa shape index (κ1) is 29.2. The molecule has 0 aliphatic carbocycles. The number of carboxylic acid groups (broad SMARTS) is 1. The summed E-state index contributed by atoms with van der Waals surface area (Å²) in [7, 11) is 0. The molecule has 212 valence electrons. The highest BCUT2D eigenvalue weighted by Gasteiger charge is 2.34. The average molecular weight is 597 g/mol. The first-order valence-electron chi connectivity index (χ1n) is 13.6. The summed E-state index contributed by atoms with van der Waals surface area (Å²) < 4.78 is 5.85. The zero-order valence-corrected chi connectivity index (χ0v) is 24.8. The molecule has 0 atom stereocenters. The molecule has 1 fully saturated rings. The fraction of sp³-hybridized carbons (Fsp3) is 0.147. The van der Waals surface area contributed by atoms with E-state index in [-0.39, 0.29) is 18.1 Å². The molecule has 1 N–H and O–H groups in total. The number of carbonyl (C=O) groups excluding carboxylic acids is 1. The van der Waals surface area contributed by atoms with E-state index in [0.717, 1.165) is 29.8 Å². The number of nitrogens with zero attached hydrogens (tertiary/aromatic N) is 2. The first-order chi connectivity index (χ1) is 20.3. The summed E-state index contributed by atoms with van der Waals surface area (Å²) in [4.78, 5) is 32.0. The van der Waals surface area contributed by atoms with Crippen LogP contribution in [0, 0.1) is 0 Å². The van der Waals surface area contributed by atoms with Gasteiger partial charge < -0.3 is 9.84 Å². The summed E-state index contributed by atoms with van der Waals surface area (Å²) in [5.74, 6) is -0.700. The van der Waals surface area contributed by atoms with Gasteiger partial charge in [0.1, 0.15) is 12.4 Å². The maximum Gasteiger partial charge on any atom is 0.335 e. The van der Waals surface area contributed by atoms with Gasteiger partial charge in [0.25, 0.3) is 5.91 Å². The SMILES string of the molecule is CCc1ccc(N=C2S/C(=C\c3ccc(OCc4cccc(C(=O)O)c4)c(Cl)c3)C(=O)N2c2ccc(CC)cc2)cc1. The number of halogens is 1. The van der Waals surface area contributed by atoms with Gasteiger partial charge in [0.15, 0.2) is 5.17 Å². The fourth-order valence-electron chi connectivity index (χ4n) is 4.40. The zero-order chi connectivity index (χ0) is 29.6. The summed E-state index contributed by atoms with van der Waals surface area (Å²) in [5, 5.41) is 10.2. The normalized spacial score (nSPS) is 15.0. The van der Waals surface area contributed by atoms with Crippen LogP contribution < -0.4 is 9.64 Å². The average Bonchev–Trinajstić information content (AvgIpc) is 3.30. The molecule has 8 heteroatoms. The van der Waals surface area contributed by atoms with Crippen molar-refractivity contribution in [2.24, 2.45) is 4.99 Å². The lowest BCUT2D eigenvalue weighted by Gasteiger charge is -2.16. The lowest BCUT2D eigenvalue weighted by Crippen LogP contribution is -2.28. The lowest BCUT2D eigenvalue weighted by atomic mass is 10.1. The second-order valence-electron chi connectivity index (χ2n) is 9.67. The summed E-state index contributed by atoms with van der Waals surface area (Å²) in [6, 6.07) is 27.9. The Bertz CT molecular complexity index is 1680. The van der Waals surface area contributed by atoms with Crippen LogP contribution in [0.25, 0.3) is 6.08 Å².